The van der Waals surface area contributed by atoms with E-state index in [1.165, 1.54) is 18.5 Å². The Hall–Kier alpha value is -0.990. The number of nitrogens with one attached hydrogen (secondary N) is 1. The Labute approximate surface area is 86.5 Å². The van der Waals surface area contributed by atoms with Gasteiger partial charge in [-0.2, -0.15) is 5.10 Å². The van der Waals surface area contributed by atoms with Crippen LogP contribution in [-0.2, 0) is 7.05 Å². The van der Waals surface area contributed by atoms with E-state index in [9.17, 15) is 0 Å². The first-order valence-corrected chi connectivity index (χ1v) is 5.41. The summed E-state index contributed by atoms with van der Waals surface area (Å²) in [4.78, 5) is 0. The van der Waals surface area contributed by atoms with E-state index < -0.39 is 0 Å². The van der Waals surface area contributed by atoms with E-state index >= 15 is 0 Å². The molecule has 0 bridgehead atoms. The van der Waals surface area contributed by atoms with E-state index in [1.54, 1.807) is 0 Å². The number of aromatic nitrogens is 2. The van der Waals surface area contributed by atoms with Crippen molar-refractivity contribution in [1.29, 1.82) is 0 Å². The van der Waals surface area contributed by atoms with Crippen LogP contribution in [0.15, 0.2) is 6.07 Å². The zero-order chi connectivity index (χ0) is 10.6. The SMILES string of the molecule is CCC(CC)CNc1cc(C)n(C)n1. The molecule has 1 heterocycles. The molecule has 0 unspecified atom stereocenters. The molecule has 3 nitrogen and oxygen atoms in total. The lowest BCUT2D eigenvalue weighted by Crippen LogP contribution is -2.13. The van der Waals surface area contributed by atoms with Gasteiger partial charge in [0.2, 0.25) is 0 Å². The van der Waals surface area contributed by atoms with Crippen molar-refractivity contribution in [3.63, 3.8) is 0 Å². The summed E-state index contributed by atoms with van der Waals surface area (Å²) in [5.41, 5.74) is 1.19. The minimum atomic E-state index is 0.761. The average molecular weight is 195 g/mol. The van der Waals surface area contributed by atoms with Crippen molar-refractivity contribution in [2.75, 3.05) is 11.9 Å². The Balaban J connectivity index is 2.45. The minimum Gasteiger partial charge on any atom is -0.368 e. The van der Waals surface area contributed by atoms with E-state index in [-0.39, 0.29) is 0 Å². The van der Waals surface area contributed by atoms with Crippen LogP contribution >= 0.6 is 0 Å². The lowest BCUT2D eigenvalue weighted by molar-refractivity contribution is 0.518. The topological polar surface area (TPSA) is 29.9 Å². The quantitative estimate of drug-likeness (QED) is 0.782. The fourth-order valence-corrected chi connectivity index (χ4v) is 1.47. The van der Waals surface area contributed by atoms with Gasteiger partial charge in [-0.25, -0.2) is 0 Å². The molecule has 0 atom stereocenters. The molecule has 0 aliphatic heterocycles. The molecular formula is C11H21N3. The Morgan fingerprint density at radius 3 is 2.50 bits per heavy atom. The van der Waals surface area contributed by atoms with Crippen LogP contribution in [-0.4, -0.2) is 16.3 Å². The first-order chi connectivity index (χ1) is 6.67. The molecule has 14 heavy (non-hydrogen) atoms. The van der Waals surface area contributed by atoms with Gasteiger partial charge < -0.3 is 5.32 Å². The molecule has 1 aromatic rings. The molecule has 1 N–H and O–H groups in total. The van der Waals surface area contributed by atoms with Crippen LogP contribution in [0.2, 0.25) is 0 Å². The van der Waals surface area contributed by atoms with Crippen molar-refractivity contribution < 1.29 is 0 Å². The number of rotatable bonds is 5. The van der Waals surface area contributed by atoms with Gasteiger partial charge in [-0.3, -0.25) is 4.68 Å². The zero-order valence-corrected chi connectivity index (χ0v) is 9.67. The Morgan fingerprint density at radius 2 is 2.07 bits per heavy atom. The summed E-state index contributed by atoms with van der Waals surface area (Å²) >= 11 is 0. The molecule has 0 amide bonds. The number of hydrogen-bond acceptors (Lipinski definition) is 2. The summed E-state index contributed by atoms with van der Waals surface area (Å²) in [6.45, 7) is 7.57. The standard InChI is InChI=1S/C11H21N3/c1-5-10(6-2)8-12-11-7-9(3)14(4)13-11/h7,10H,5-6,8H2,1-4H3,(H,12,13). The van der Waals surface area contributed by atoms with E-state index in [2.05, 4.69) is 37.3 Å². The zero-order valence-electron chi connectivity index (χ0n) is 9.67. The maximum Gasteiger partial charge on any atom is 0.148 e. The number of aryl methyl sites for hydroxylation is 2. The molecular weight excluding hydrogens is 174 g/mol. The second-order valence-electron chi connectivity index (χ2n) is 3.86. The van der Waals surface area contributed by atoms with Gasteiger partial charge in [-0.1, -0.05) is 26.7 Å². The Morgan fingerprint density at radius 1 is 1.43 bits per heavy atom. The fourth-order valence-electron chi connectivity index (χ4n) is 1.47. The van der Waals surface area contributed by atoms with Gasteiger partial charge in [0, 0.05) is 25.4 Å². The molecule has 0 saturated carbocycles. The van der Waals surface area contributed by atoms with E-state index in [1.807, 2.05) is 11.7 Å². The summed E-state index contributed by atoms with van der Waals surface area (Å²) in [6.07, 6.45) is 2.46. The van der Waals surface area contributed by atoms with E-state index in [4.69, 9.17) is 0 Å². The minimum absolute atomic E-state index is 0.761. The van der Waals surface area contributed by atoms with Crippen molar-refractivity contribution in [3.8, 4) is 0 Å². The third kappa shape index (κ3) is 2.76. The smallest absolute Gasteiger partial charge is 0.148 e. The molecule has 0 radical (unpaired) electrons. The van der Waals surface area contributed by atoms with Crippen molar-refractivity contribution in [2.24, 2.45) is 13.0 Å². The molecule has 3 heteroatoms. The number of nitrogens with zero attached hydrogens (tertiary/aromatic N) is 2. The lowest BCUT2D eigenvalue weighted by Gasteiger charge is -2.12. The number of anilines is 1. The highest BCUT2D eigenvalue weighted by Crippen LogP contribution is 2.11. The maximum atomic E-state index is 4.36. The van der Waals surface area contributed by atoms with Gasteiger partial charge in [0.15, 0.2) is 0 Å². The molecule has 0 aliphatic rings. The summed E-state index contributed by atoms with van der Waals surface area (Å²) in [6, 6.07) is 2.09. The second kappa shape index (κ2) is 5.03. The van der Waals surface area contributed by atoms with Gasteiger partial charge in [-0.05, 0) is 12.8 Å². The molecule has 0 spiro atoms. The highest BCUT2D eigenvalue weighted by molar-refractivity contribution is 5.35. The summed E-state index contributed by atoms with van der Waals surface area (Å²) in [5, 5.41) is 7.73. The Kier molecular flexibility index (Phi) is 3.98. The van der Waals surface area contributed by atoms with Crippen LogP contribution in [0, 0.1) is 12.8 Å². The fraction of sp³-hybridized carbons (Fsp3) is 0.727. The van der Waals surface area contributed by atoms with Crippen LogP contribution in [0.25, 0.3) is 0 Å². The molecule has 0 aromatic carbocycles. The van der Waals surface area contributed by atoms with Gasteiger partial charge >= 0.3 is 0 Å². The predicted octanol–water partition coefficient (Wildman–Crippen LogP) is 2.58. The van der Waals surface area contributed by atoms with Gasteiger partial charge in [0.1, 0.15) is 5.82 Å². The maximum absolute atomic E-state index is 4.36. The van der Waals surface area contributed by atoms with Crippen molar-refractivity contribution >= 4 is 5.82 Å². The van der Waals surface area contributed by atoms with Crippen LogP contribution in [0.4, 0.5) is 5.82 Å². The normalized spacial score (nSPS) is 10.9. The van der Waals surface area contributed by atoms with Gasteiger partial charge in [0.25, 0.3) is 0 Å². The number of hydrogen-bond donors (Lipinski definition) is 1. The third-order valence-electron chi connectivity index (χ3n) is 2.84. The van der Waals surface area contributed by atoms with Crippen LogP contribution < -0.4 is 5.32 Å². The van der Waals surface area contributed by atoms with Crippen LogP contribution in [0.3, 0.4) is 0 Å². The highest BCUT2D eigenvalue weighted by atomic mass is 15.3. The second-order valence-corrected chi connectivity index (χ2v) is 3.86. The molecule has 1 rings (SSSR count). The average Bonchev–Trinajstić information content (AvgIpc) is 2.48. The first kappa shape index (κ1) is 11.1. The molecule has 0 fully saturated rings. The molecule has 0 saturated heterocycles. The molecule has 0 aliphatic carbocycles. The van der Waals surface area contributed by atoms with Crippen molar-refractivity contribution in [1.82, 2.24) is 9.78 Å². The van der Waals surface area contributed by atoms with E-state index in [0.29, 0.717) is 0 Å². The van der Waals surface area contributed by atoms with E-state index in [0.717, 1.165) is 18.3 Å². The first-order valence-electron chi connectivity index (χ1n) is 5.41. The third-order valence-corrected chi connectivity index (χ3v) is 2.84. The highest BCUT2D eigenvalue weighted by Gasteiger charge is 2.05. The molecule has 1 aromatic heterocycles. The van der Waals surface area contributed by atoms with Crippen LogP contribution in [0.5, 0.6) is 0 Å². The largest absolute Gasteiger partial charge is 0.368 e. The van der Waals surface area contributed by atoms with Crippen molar-refractivity contribution in [2.45, 2.75) is 33.6 Å². The summed E-state index contributed by atoms with van der Waals surface area (Å²) in [7, 11) is 1.97. The lowest BCUT2D eigenvalue weighted by atomic mass is 10.0. The van der Waals surface area contributed by atoms with Gasteiger partial charge in [0.05, 0.1) is 0 Å². The monoisotopic (exact) mass is 195 g/mol. The summed E-state index contributed by atoms with van der Waals surface area (Å²) < 4.78 is 1.90. The molecule has 80 valence electrons. The van der Waals surface area contributed by atoms with Gasteiger partial charge in [-0.15, -0.1) is 0 Å². The Bertz CT molecular complexity index is 255. The van der Waals surface area contributed by atoms with Crippen molar-refractivity contribution in [3.05, 3.63) is 11.8 Å². The summed E-state index contributed by atoms with van der Waals surface area (Å²) in [5.74, 6) is 1.76. The predicted molar refractivity (Wildman–Crippen MR) is 60.5 cm³/mol. The van der Waals surface area contributed by atoms with Crippen LogP contribution in [0.1, 0.15) is 32.4 Å².